The molecule has 2 aromatic heterocycles. The average Bonchev–Trinajstić information content (AvgIpc) is 2.99. The quantitative estimate of drug-likeness (QED) is 0.665. The fourth-order valence-corrected chi connectivity index (χ4v) is 2.05. The van der Waals surface area contributed by atoms with Gasteiger partial charge in [-0.1, -0.05) is 0 Å². The maximum absolute atomic E-state index is 11.5. The van der Waals surface area contributed by atoms with Crippen LogP contribution in [0, 0.1) is 0 Å². The van der Waals surface area contributed by atoms with Crippen molar-refractivity contribution in [2.24, 2.45) is 0 Å². The predicted octanol–water partition coefficient (Wildman–Crippen LogP) is -0.732. The molecule has 9 nitrogen and oxygen atoms in total. The van der Waals surface area contributed by atoms with Gasteiger partial charge in [-0.25, -0.2) is 4.79 Å². The van der Waals surface area contributed by atoms with E-state index in [1.807, 2.05) is 4.90 Å². The Morgan fingerprint density at radius 3 is 3.05 bits per heavy atom. The molecule has 2 aromatic rings. The minimum absolute atomic E-state index is 0.400. The second kappa shape index (κ2) is 4.59. The van der Waals surface area contributed by atoms with Crippen molar-refractivity contribution in [2.45, 2.75) is 12.8 Å². The zero-order valence-corrected chi connectivity index (χ0v) is 9.97. The van der Waals surface area contributed by atoms with E-state index in [4.69, 9.17) is 4.42 Å². The summed E-state index contributed by atoms with van der Waals surface area (Å²) in [6.45, 7) is 1.16. The molecule has 0 fully saturated rings. The van der Waals surface area contributed by atoms with Gasteiger partial charge in [0, 0.05) is 13.0 Å². The van der Waals surface area contributed by atoms with E-state index in [2.05, 4.69) is 25.5 Å². The number of H-pyrrole nitrogens is 2. The van der Waals surface area contributed by atoms with Crippen LogP contribution in [0.2, 0.25) is 0 Å². The van der Waals surface area contributed by atoms with Crippen LogP contribution in [0.25, 0.3) is 0 Å². The van der Waals surface area contributed by atoms with Gasteiger partial charge >= 0.3 is 5.69 Å². The Morgan fingerprint density at radius 1 is 1.37 bits per heavy atom. The molecule has 19 heavy (non-hydrogen) atoms. The molecule has 0 atom stereocenters. The van der Waals surface area contributed by atoms with Crippen molar-refractivity contribution in [1.82, 2.24) is 20.2 Å². The van der Waals surface area contributed by atoms with Crippen molar-refractivity contribution in [3.8, 4) is 0 Å². The monoisotopic (exact) mass is 264 g/mol. The Morgan fingerprint density at radius 2 is 2.26 bits per heavy atom. The third-order valence-electron chi connectivity index (χ3n) is 2.91. The zero-order chi connectivity index (χ0) is 13.2. The van der Waals surface area contributed by atoms with Gasteiger partial charge in [-0.2, -0.15) is 0 Å². The molecule has 9 heteroatoms. The molecule has 0 aromatic carbocycles. The summed E-state index contributed by atoms with van der Waals surface area (Å²) < 4.78 is 5.04. The summed E-state index contributed by atoms with van der Waals surface area (Å²) in [4.78, 5) is 29.5. The first-order valence-corrected chi connectivity index (χ1v) is 5.84. The van der Waals surface area contributed by atoms with E-state index in [1.165, 1.54) is 6.39 Å². The number of hydrogen-bond acceptors (Lipinski definition) is 7. The van der Waals surface area contributed by atoms with Gasteiger partial charge < -0.3 is 14.6 Å². The van der Waals surface area contributed by atoms with Gasteiger partial charge in [0.25, 0.3) is 5.56 Å². The number of aryl methyl sites for hydroxylation is 1. The molecular formula is C10H12N6O3. The molecule has 1 aliphatic heterocycles. The smallest absolute Gasteiger partial charge is 0.327 e. The van der Waals surface area contributed by atoms with Crippen LogP contribution >= 0.6 is 0 Å². The van der Waals surface area contributed by atoms with Crippen LogP contribution in [0.3, 0.4) is 0 Å². The van der Waals surface area contributed by atoms with Crippen LogP contribution in [0.15, 0.2) is 20.4 Å². The van der Waals surface area contributed by atoms with E-state index in [0.29, 0.717) is 37.0 Å². The fourth-order valence-electron chi connectivity index (χ4n) is 2.05. The number of aromatic amines is 2. The topological polar surface area (TPSA) is 120 Å². The molecule has 3 rings (SSSR count). The number of nitrogens with zero attached hydrogens (tertiary/aromatic N) is 3. The van der Waals surface area contributed by atoms with Gasteiger partial charge in [-0.15, -0.1) is 10.2 Å². The molecular weight excluding hydrogens is 252 g/mol. The second-order valence-electron chi connectivity index (χ2n) is 4.17. The van der Waals surface area contributed by atoms with Crippen molar-refractivity contribution < 1.29 is 4.42 Å². The lowest BCUT2D eigenvalue weighted by Crippen LogP contribution is -2.27. The Hall–Kier alpha value is -2.58. The predicted molar refractivity (Wildman–Crippen MR) is 66.1 cm³/mol. The first-order valence-electron chi connectivity index (χ1n) is 5.84. The Bertz CT molecular complexity index is 673. The van der Waals surface area contributed by atoms with Crippen LogP contribution in [-0.4, -0.2) is 33.4 Å². The number of anilines is 2. The summed E-state index contributed by atoms with van der Waals surface area (Å²) in [5.74, 6) is 1.10. The van der Waals surface area contributed by atoms with E-state index in [9.17, 15) is 9.59 Å². The molecule has 0 saturated heterocycles. The first kappa shape index (κ1) is 11.5. The van der Waals surface area contributed by atoms with Crippen LogP contribution in [0.5, 0.6) is 0 Å². The SMILES string of the molecule is O=c1[nH]c2c(c(=O)[nH]1)NCN2CCCc1nnco1. The second-order valence-corrected chi connectivity index (χ2v) is 4.17. The molecule has 0 amide bonds. The van der Waals surface area contributed by atoms with E-state index >= 15 is 0 Å². The van der Waals surface area contributed by atoms with Gasteiger partial charge in [0.15, 0.2) is 0 Å². The van der Waals surface area contributed by atoms with Gasteiger partial charge in [0.1, 0.15) is 11.5 Å². The highest BCUT2D eigenvalue weighted by molar-refractivity contribution is 5.69. The summed E-state index contributed by atoms with van der Waals surface area (Å²) >= 11 is 0. The molecule has 0 aliphatic carbocycles. The van der Waals surface area contributed by atoms with Crippen molar-refractivity contribution in [1.29, 1.82) is 0 Å². The van der Waals surface area contributed by atoms with Crippen LogP contribution in [0.4, 0.5) is 11.5 Å². The zero-order valence-electron chi connectivity index (χ0n) is 9.97. The molecule has 0 saturated carbocycles. The first-order chi connectivity index (χ1) is 9.24. The molecule has 0 radical (unpaired) electrons. The van der Waals surface area contributed by atoms with Crippen LogP contribution in [-0.2, 0) is 6.42 Å². The molecule has 0 bridgehead atoms. The number of nitrogens with one attached hydrogen (secondary N) is 3. The summed E-state index contributed by atoms with van der Waals surface area (Å²) in [6, 6.07) is 0. The lowest BCUT2D eigenvalue weighted by atomic mass is 10.3. The Balaban J connectivity index is 1.69. The Kier molecular flexibility index (Phi) is 2.78. The lowest BCUT2D eigenvalue weighted by molar-refractivity contribution is 0.485. The number of rotatable bonds is 4. The average molecular weight is 264 g/mol. The number of fused-ring (bicyclic) bond motifs is 1. The van der Waals surface area contributed by atoms with Crippen LogP contribution in [0.1, 0.15) is 12.3 Å². The largest absolute Gasteiger partial charge is 0.428 e. The highest BCUT2D eigenvalue weighted by Gasteiger charge is 2.22. The maximum atomic E-state index is 11.5. The van der Waals surface area contributed by atoms with Crippen LogP contribution < -0.4 is 21.5 Å². The minimum Gasteiger partial charge on any atom is -0.428 e. The third-order valence-corrected chi connectivity index (χ3v) is 2.91. The van der Waals surface area contributed by atoms with Crippen molar-refractivity contribution >= 4 is 11.5 Å². The fraction of sp³-hybridized carbons (Fsp3) is 0.400. The molecule has 1 aliphatic rings. The van der Waals surface area contributed by atoms with Gasteiger partial charge in [-0.05, 0) is 6.42 Å². The van der Waals surface area contributed by atoms with E-state index in [1.54, 1.807) is 0 Å². The number of hydrogen-bond donors (Lipinski definition) is 3. The normalized spacial score (nSPS) is 13.4. The number of aromatic nitrogens is 4. The van der Waals surface area contributed by atoms with Crippen molar-refractivity contribution in [2.75, 3.05) is 23.4 Å². The standard InChI is InChI=1S/C10H12N6O3/c17-9-7-8(13-10(18)14-9)16(4-11-7)3-1-2-6-15-12-5-19-6/h5,11H,1-4H2,(H2,13,14,17,18). The molecule has 0 unspecified atom stereocenters. The van der Waals surface area contributed by atoms with E-state index < -0.39 is 11.2 Å². The van der Waals surface area contributed by atoms with E-state index in [0.717, 1.165) is 6.42 Å². The minimum atomic E-state index is -0.505. The maximum Gasteiger partial charge on any atom is 0.327 e. The Labute approximate surface area is 106 Å². The van der Waals surface area contributed by atoms with E-state index in [-0.39, 0.29) is 0 Å². The van der Waals surface area contributed by atoms with Gasteiger partial charge in [-0.3, -0.25) is 14.8 Å². The highest BCUT2D eigenvalue weighted by Crippen LogP contribution is 2.23. The molecule has 0 spiro atoms. The highest BCUT2D eigenvalue weighted by atomic mass is 16.4. The summed E-state index contributed by atoms with van der Waals surface area (Å²) in [6.07, 6.45) is 2.72. The third kappa shape index (κ3) is 2.21. The molecule has 100 valence electrons. The van der Waals surface area contributed by atoms with Gasteiger partial charge in [0.05, 0.1) is 6.67 Å². The van der Waals surface area contributed by atoms with Gasteiger partial charge in [0.2, 0.25) is 12.3 Å². The summed E-state index contributed by atoms with van der Waals surface area (Å²) in [5.41, 5.74) is -0.509. The molecule has 3 N–H and O–H groups in total. The molecule has 3 heterocycles. The van der Waals surface area contributed by atoms with Crippen molar-refractivity contribution in [3.05, 3.63) is 33.1 Å². The van der Waals surface area contributed by atoms with Crippen molar-refractivity contribution in [3.63, 3.8) is 0 Å². The summed E-state index contributed by atoms with van der Waals surface area (Å²) in [7, 11) is 0. The summed E-state index contributed by atoms with van der Waals surface area (Å²) in [5, 5.41) is 10.3. The lowest BCUT2D eigenvalue weighted by Gasteiger charge is -2.16.